The summed E-state index contributed by atoms with van der Waals surface area (Å²) in [5, 5.41) is 0.489. The van der Waals surface area contributed by atoms with Crippen molar-refractivity contribution in [3.8, 4) is 0 Å². The van der Waals surface area contributed by atoms with Crippen LogP contribution in [0.2, 0.25) is 0 Å². The first-order valence-electron chi connectivity index (χ1n) is 5.97. The van der Waals surface area contributed by atoms with Gasteiger partial charge in [0.2, 0.25) is 0 Å². The SMILES string of the molecule is O=C(COC1CC1)ON1C(=O)c2ccccc2C1=O. The summed E-state index contributed by atoms with van der Waals surface area (Å²) < 4.78 is 5.15. The average Bonchev–Trinajstić information content (AvgIpc) is 3.22. The number of carbonyl (C=O) groups is 3. The lowest BCUT2D eigenvalue weighted by atomic mass is 10.1. The van der Waals surface area contributed by atoms with Crippen molar-refractivity contribution in [1.82, 2.24) is 5.06 Å². The Bertz CT molecular complexity index is 529. The summed E-state index contributed by atoms with van der Waals surface area (Å²) >= 11 is 0. The molecule has 6 heteroatoms. The van der Waals surface area contributed by atoms with Gasteiger partial charge in [-0.15, -0.1) is 0 Å². The molecule has 0 unspecified atom stereocenters. The number of hydroxylamine groups is 2. The molecule has 19 heavy (non-hydrogen) atoms. The third-order valence-corrected chi connectivity index (χ3v) is 2.91. The van der Waals surface area contributed by atoms with Gasteiger partial charge in [-0.25, -0.2) is 4.79 Å². The summed E-state index contributed by atoms with van der Waals surface area (Å²) in [6.07, 6.45) is 1.97. The number of hydrogen-bond acceptors (Lipinski definition) is 5. The van der Waals surface area contributed by atoms with Gasteiger partial charge in [-0.1, -0.05) is 17.2 Å². The van der Waals surface area contributed by atoms with E-state index in [2.05, 4.69) is 0 Å². The summed E-state index contributed by atoms with van der Waals surface area (Å²) in [4.78, 5) is 40.0. The minimum absolute atomic E-state index is 0.106. The summed E-state index contributed by atoms with van der Waals surface area (Å²) in [5.41, 5.74) is 0.479. The van der Waals surface area contributed by atoms with E-state index < -0.39 is 17.8 Å². The molecular weight excluding hydrogens is 250 g/mol. The lowest BCUT2D eigenvalue weighted by Gasteiger charge is -2.12. The van der Waals surface area contributed by atoms with E-state index in [4.69, 9.17) is 9.57 Å². The maximum absolute atomic E-state index is 11.9. The standard InChI is InChI=1S/C13H11NO5/c15-11(7-18-8-5-6-8)19-14-12(16)9-3-1-2-4-10(9)13(14)17/h1-4,8H,5-7H2. The predicted molar refractivity (Wildman–Crippen MR) is 62.0 cm³/mol. The zero-order chi connectivity index (χ0) is 13.4. The van der Waals surface area contributed by atoms with Gasteiger partial charge in [-0.2, -0.15) is 0 Å². The molecule has 3 rings (SSSR count). The second-order valence-corrected chi connectivity index (χ2v) is 4.42. The van der Waals surface area contributed by atoms with E-state index in [0.29, 0.717) is 5.06 Å². The minimum atomic E-state index is -0.749. The van der Waals surface area contributed by atoms with Crippen molar-refractivity contribution in [2.24, 2.45) is 0 Å². The molecule has 98 valence electrons. The molecule has 1 aliphatic carbocycles. The minimum Gasteiger partial charge on any atom is -0.366 e. The van der Waals surface area contributed by atoms with Crippen LogP contribution in [0.3, 0.4) is 0 Å². The molecule has 1 aromatic rings. The number of rotatable bonds is 4. The van der Waals surface area contributed by atoms with Crippen LogP contribution in [0.1, 0.15) is 33.6 Å². The zero-order valence-electron chi connectivity index (χ0n) is 10.00. The van der Waals surface area contributed by atoms with Crippen LogP contribution in [0, 0.1) is 0 Å². The smallest absolute Gasteiger partial charge is 0.358 e. The van der Waals surface area contributed by atoms with E-state index in [1.165, 1.54) is 12.1 Å². The van der Waals surface area contributed by atoms with Crippen molar-refractivity contribution in [2.45, 2.75) is 18.9 Å². The highest BCUT2D eigenvalue weighted by molar-refractivity contribution is 6.20. The summed E-state index contributed by atoms with van der Waals surface area (Å²) in [5.74, 6) is -2.00. The quantitative estimate of drug-likeness (QED) is 0.753. The first kappa shape index (κ1) is 11.9. The van der Waals surface area contributed by atoms with Gasteiger partial charge in [0.25, 0.3) is 11.8 Å². The van der Waals surface area contributed by atoms with E-state index in [0.717, 1.165) is 12.8 Å². The van der Waals surface area contributed by atoms with E-state index in [9.17, 15) is 14.4 Å². The molecule has 0 spiro atoms. The molecule has 1 aromatic carbocycles. The van der Waals surface area contributed by atoms with Crippen LogP contribution in [-0.4, -0.2) is 35.6 Å². The van der Waals surface area contributed by atoms with Crippen LogP contribution in [0.5, 0.6) is 0 Å². The average molecular weight is 261 g/mol. The van der Waals surface area contributed by atoms with Gasteiger partial charge in [-0.3, -0.25) is 9.59 Å². The van der Waals surface area contributed by atoms with Crippen LogP contribution in [-0.2, 0) is 14.4 Å². The van der Waals surface area contributed by atoms with Gasteiger partial charge in [0.05, 0.1) is 17.2 Å². The number of fused-ring (bicyclic) bond motifs is 1. The van der Waals surface area contributed by atoms with Crippen molar-refractivity contribution in [1.29, 1.82) is 0 Å². The molecule has 0 atom stereocenters. The first-order chi connectivity index (χ1) is 9.16. The molecule has 0 aromatic heterocycles. The third kappa shape index (κ3) is 2.22. The summed E-state index contributed by atoms with van der Waals surface area (Å²) in [6.45, 7) is -0.252. The van der Waals surface area contributed by atoms with Gasteiger partial charge in [0.1, 0.15) is 6.61 Å². The molecule has 0 bridgehead atoms. The molecule has 2 amide bonds. The fourth-order valence-electron chi connectivity index (χ4n) is 1.80. The van der Waals surface area contributed by atoms with Crippen molar-refractivity contribution < 1.29 is 24.0 Å². The van der Waals surface area contributed by atoms with E-state index >= 15 is 0 Å². The number of ether oxygens (including phenoxy) is 1. The Balaban J connectivity index is 1.67. The molecule has 0 N–H and O–H groups in total. The highest BCUT2D eigenvalue weighted by Crippen LogP contribution is 2.24. The molecule has 6 nitrogen and oxygen atoms in total. The molecule has 2 aliphatic rings. The van der Waals surface area contributed by atoms with Crippen LogP contribution in [0.15, 0.2) is 24.3 Å². The van der Waals surface area contributed by atoms with Gasteiger partial charge in [0.15, 0.2) is 0 Å². The Hall–Kier alpha value is -2.21. The molecule has 1 fully saturated rings. The van der Waals surface area contributed by atoms with Gasteiger partial charge >= 0.3 is 5.97 Å². The van der Waals surface area contributed by atoms with Crippen molar-refractivity contribution in [3.05, 3.63) is 35.4 Å². The Morgan fingerprint density at radius 1 is 1.16 bits per heavy atom. The number of hydrogen-bond donors (Lipinski definition) is 0. The largest absolute Gasteiger partial charge is 0.366 e. The molecule has 1 aliphatic heterocycles. The Labute approximate surface area is 108 Å². The Morgan fingerprint density at radius 2 is 1.74 bits per heavy atom. The van der Waals surface area contributed by atoms with Gasteiger partial charge in [-0.05, 0) is 25.0 Å². The van der Waals surface area contributed by atoms with Crippen molar-refractivity contribution >= 4 is 17.8 Å². The summed E-state index contributed by atoms with van der Waals surface area (Å²) in [7, 11) is 0. The highest BCUT2D eigenvalue weighted by Gasteiger charge is 2.38. The number of amides is 2. The number of benzene rings is 1. The molecular formula is C13H11NO5. The second-order valence-electron chi connectivity index (χ2n) is 4.42. The third-order valence-electron chi connectivity index (χ3n) is 2.91. The Morgan fingerprint density at radius 3 is 2.26 bits per heavy atom. The normalized spacial score (nSPS) is 17.6. The molecule has 0 saturated heterocycles. The lowest BCUT2D eigenvalue weighted by Crippen LogP contribution is -2.34. The van der Waals surface area contributed by atoms with Crippen LogP contribution >= 0.6 is 0 Å². The maximum atomic E-state index is 11.9. The lowest BCUT2D eigenvalue weighted by molar-refractivity contribution is -0.174. The van der Waals surface area contributed by atoms with Gasteiger partial charge in [0, 0.05) is 0 Å². The van der Waals surface area contributed by atoms with Crippen LogP contribution in [0.4, 0.5) is 0 Å². The number of nitrogens with zero attached hydrogens (tertiary/aromatic N) is 1. The zero-order valence-corrected chi connectivity index (χ0v) is 10.00. The van der Waals surface area contributed by atoms with Crippen LogP contribution in [0.25, 0.3) is 0 Å². The van der Waals surface area contributed by atoms with E-state index in [1.807, 2.05) is 0 Å². The number of carbonyl (C=O) groups excluding carboxylic acids is 3. The predicted octanol–water partition coefficient (Wildman–Crippen LogP) is 0.920. The molecule has 1 heterocycles. The van der Waals surface area contributed by atoms with Crippen LogP contribution < -0.4 is 0 Å². The van der Waals surface area contributed by atoms with Gasteiger partial charge < -0.3 is 9.57 Å². The first-order valence-corrected chi connectivity index (χ1v) is 5.97. The molecule has 1 saturated carbocycles. The fourth-order valence-corrected chi connectivity index (χ4v) is 1.80. The second kappa shape index (κ2) is 4.47. The summed E-state index contributed by atoms with van der Waals surface area (Å²) in [6, 6.07) is 6.32. The number of imide groups is 1. The topological polar surface area (TPSA) is 72.9 Å². The highest BCUT2D eigenvalue weighted by atomic mass is 16.7. The van der Waals surface area contributed by atoms with Crippen molar-refractivity contribution in [3.63, 3.8) is 0 Å². The van der Waals surface area contributed by atoms with E-state index in [1.54, 1.807) is 12.1 Å². The fraction of sp³-hybridized carbons (Fsp3) is 0.308. The van der Waals surface area contributed by atoms with E-state index in [-0.39, 0.29) is 23.8 Å². The Kier molecular flexibility index (Phi) is 2.79. The monoisotopic (exact) mass is 261 g/mol. The molecule has 0 radical (unpaired) electrons. The van der Waals surface area contributed by atoms with Crippen molar-refractivity contribution in [2.75, 3.05) is 6.61 Å². The maximum Gasteiger partial charge on any atom is 0.358 e.